The quantitative estimate of drug-likeness (QED) is 0.158. The molecule has 0 heterocycles. The van der Waals surface area contributed by atoms with E-state index < -0.39 is 0 Å². The van der Waals surface area contributed by atoms with Gasteiger partial charge in [0.15, 0.2) is 0 Å². The van der Waals surface area contributed by atoms with Crippen LogP contribution in [0.2, 0.25) is 0 Å². The van der Waals surface area contributed by atoms with E-state index in [1.807, 2.05) is 180 Å². The molecule has 0 aliphatic rings. The van der Waals surface area contributed by atoms with Gasteiger partial charge in [0, 0.05) is 39.0 Å². The van der Waals surface area contributed by atoms with Crippen LogP contribution >= 0.6 is 19.4 Å². The van der Waals surface area contributed by atoms with Crippen molar-refractivity contribution in [3.63, 3.8) is 0 Å². The van der Waals surface area contributed by atoms with Gasteiger partial charge in [-0.1, -0.05) is 146 Å². The van der Waals surface area contributed by atoms with Crippen molar-refractivity contribution in [3.05, 3.63) is 146 Å². The van der Waals surface area contributed by atoms with Crippen LogP contribution in [0.15, 0.2) is 146 Å². The van der Waals surface area contributed by atoms with E-state index in [4.69, 9.17) is 0 Å². The van der Waals surface area contributed by atoms with Crippen molar-refractivity contribution in [2.75, 3.05) is 0 Å². The molecule has 0 spiro atoms. The van der Waals surface area contributed by atoms with Gasteiger partial charge in [0.2, 0.25) is 0 Å². The Balaban J connectivity index is -0.000000139. The summed E-state index contributed by atoms with van der Waals surface area (Å²) in [7, 11) is 9.14. The zero-order valence-corrected chi connectivity index (χ0v) is 24.5. The molecule has 0 N–H and O–H groups in total. The summed E-state index contributed by atoms with van der Waals surface area (Å²) in [6.45, 7) is 0. The minimum Gasteiger partial charge on any atom is -0.0623 e. The molecule has 0 aliphatic heterocycles. The molecule has 0 saturated carbocycles. The molecule has 6 heteroatoms. The van der Waals surface area contributed by atoms with Crippen LogP contribution in [0.1, 0.15) is 0 Å². The molecule has 4 aromatic rings. The Morgan fingerprint density at radius 1 is 0.200 bits per heavy atom. The van der Waals surface area contributed by atoms with Gasteiger partial charge in [-0.05, 0) is 0 Å². The predicted octanol–water partition coefficient (Wildman–Crippen LogP) is 8.12. The van der Waals surface area contributed by atoms with Crippen LogP contribution in [-0.2, 0) is 73.6 Å². The molecule has 0 amide bonds. The van der Waals surface area contributed by atoms with Gasteiger partial charge in [-0.15, -0.1) is 0 Å². The Bertz CT molecular complexity index is 441. The maximum Gasteiger partial charge on any atom is 0 e. The minimum atomic E-state index is 0. The summed E-state index contributed by atoms with van der Waals surface area (Å²) in [6.07, 6.45) is 0. The average molecular weight is 788 g/mol. The van der Waals surface area contributed by atoms with Gasteiger partial charge >= 0.3 is 54.0 Å². The van der Waals surface area contributed by atoms with Crippen LogP contribution in [-0.4, -0.2) is 0 Å². The van der Waals surface area contributed by atoms with Gasteiger partial charge in [0.25, 0.3) is 0 Å². The number of rotatable bonds is 0. The van der Waals surface area contributed by atoms with Crippen molar-refractivity contribution in [1.82, 2.24) is 0 Å². The van der Waals surface area contributed by atoms with Crippen LogP contribution in [0.4, 0.5) is 0 Å². The molecule has 0 nitrogen and oxygen atoms in total. The maximum absolute atomic E-state index is 4.57. The first-order chi connectivity index (χ1) is 14.0. The molecule has 0 atom stereocenters. The number of hydrogen-bond acceptors (Lipinski definition) is 0. The van der Waals surface area contributed by atoms with E-state index in [0.717, 1.165) is 0 Å². The average Bonchev–Trinajstić information content (AvgIpc) is 2.87. The summed E-state index contributed by atoms with van der Waals surface area (Å²) in [5.41, 5.74) is 0. The minimum absolute atomic E-state index is 0. The van der Waals surface area contributed by atoms with Crippen molar-refractivity contribution in [2.45, 2.75) is 0 Å². The van der Waals surface area contributed by atoms with E-state index in [0.29, 0.717) is 0 Å². The van der Waals surface area contributed by atoms with Gasteiger partial charge in [0.1, 0.15) is 0 Å². The van der Waals surface area contributed by atoms with Crippen molar-refractivity contribution >= 4 is 19.4 Å². The molecule has 4 aromatic carbocycles. The van der Waals surface area contributed by atoms with E-state index in [2.05, 4.69) is 19.4 Å². The fourth-order valence-corrected chi connectivity index (χ4v) is 1.54. The monoisotopic (exact) mass is 790 g/mol. The summed E-state index contributed by atoms with van der Waals surface area (Å²) >= 11 is 3.64. The number of halogens is 2. The normalized spacial score (nSPS) is 6.80. The Morgan fingerprint density at radius 2 is 0.233 bits per heavy atom. The van der Waals surface area contributed by atoms with Gasteiger partial charge in [-0.3, -0.25) is 0 Å². The second kappa shape index (κ2) is 39.4. The Hall–Kier alpha value is -0.0465. The molecule has 0 bridgehead atoms. The molecule has 0 fully saturated rings. The summed E-state index contributed by atoms with van der Waals surface area (Å²) in [5, 5.41) is 0. The zero-order chi connectivity index (χ0) is 21.0. The Labute approximate surface area is 236 Å². The molecule has 0 radical (unpaired) electrons. The number of hydrogen-bond donors (Lipinski definition) is 0. The topological polar surface area (TPSA) is 0 Å². The smallest absolute Gasteiger partial charge is 0 e. The SMILES string of the molecule is [Cl][Ru].[Cl][Ru].[Ru].[Ru].c1ccccc1.c1ccccc1.c1ccccc1.c1ccccc1. The molecule has 0 aromatic heterocycles. The van der Waals surface area contributed by atoms with Gasteiger partial charge in [-0.2, -0.15) is 0 Å². The van der Waals surface area contributed by atoms with E-state index in [-0.39, 0.29) is 39.0 Å². The molecule has 0 saturated heterocycles. The molecular weight excluding hydrogens is 763 g/mol. The summed E-state index contributed by atoms with van der Waals surface area (Å²) in [5.74, 6) is 0. The Morgan fingerprint density at radius 3 is 0.267 bits per heavy atom. The van der Waals surface area contributed by atoms with Gasteiger partial charge in [0.05, 0.1) is 0 Å². The van der Waals surface area contributed by atoms with Gasteiger partial charge in [-0.25, -0.2) is 0 Å². The first-order valence-corrected chi connectivity index (χ1v) is 12.7. The largest absolute Gasteiger partial charge is 0.0623 e. The van der Waals surface area contributed by atoms with Gasteiger partial charge < -0.3 is 0 Å². The van der Waals surface area contributed by atoms with Crippen LogP contribution in [0.3, 0.4) is 0 Å². The van der Waals surface area contributed by atoms with Crippen molar-refractivity contribution in [1.29, 1.82) is 0 Å². The second-order valence-electron chi connectivity index (χ2n) is 4.62. The summed E-state index contributed by atoms with van der Waals surface area (Å²) < 4.78 is 0. The van der Waals surface area contributed by atoms with E-state index in [1.165, 1.54) is 0 Å². The van der Waals surface area contributed by atoms with Crippen LogP contribution in [0.5, 0.6) is 0 Å². The van der Waals surface area contributed by atoms with E-state index in [9.17, 15) is 0 Å². The van der Waals surface area contributed by atoms with Crippen molar-refractivity contribution in [2.24, 2.45) is 0 Å². The third kappa shape index (κ3) is 35.4. The standard InChI is InChI=1S/4C6H6.2ClH.4Ru/c4*1-2-4-6-5-3-1;;;;;;/h4*1-6H;2*1H;;;;/q;;;;;;;;2*+1/p-2. The fourth-order valence-electron chi connectivity index (χ4n) is 1.54. The van der Waals surface area contributed by atoms with Crippen LogP contribution < -0.4 is 0 Å². The summed E-state index contributed by atoms with van der Waals surface area (Å²) in [4.78, 5) is 0. The molecule has 166 valence electrons. The van der Waals surface area contributed by atoms with Crippen LogP contribution in [0, 0.1) is 0 Å². The third-order valence-electron chi connectivity index (χ3n) is 2.67. The molecule has 30 heavy (non-hydrogen) atoms. The molecular formula is C24H24Cl2Ru4. The number of benzene rings is 4. The zero-order valence-electron chi connectivity index (χ0n) is 16.0. The summed E-state index contributed by atoms with van der Waals surface area (Å²) in [6, 6.07) is 48.0. The fraction of sp³-hybridized carbons (Fsp3) is 0. The van der Waals surface area contributed by atoms with E-state index in [1.54, 1.807) is 0 Å². The molecule has 0 aliphatic carbocycles. The molecule has 0 unspecified atom stereocenters. The predicted molar refractivity (Wildman–Crippen MR) is 117 cm³/mol. The first kappa shape index (κ1) is 37.3. The van der Waals surface area contributed by atoms with Crippen LogP contribution in [0.25, 0.3) is 0 Å². The van der Waals surface area contributed by atoms with Crippen molar-refractivity contribution in [3.8, 4) is 0 Å². The maximum atomic E-state index is 4.57. The Kier molecular flexibility index (Phi) is 49.0. The second-order valence-corrected chi connectivity index (χ2v) is 4.62. The van der Waals surface area contributed by atoms with E-state index >= 15 is 0 Å². The van der Waals surface area contributed by atoms with Crippen molar-refractivity contribution < 1.29 is 73.6 Å². The third-order valence-corrected chi connectivity index (χ3v) is 2.67. The first-order valence-electron chi connectivity index (χ1n) is 8.27. The molecule has 4 rings (SSSR count).